The van der Waals surface area contributed by atoms with Gasteiger partial charge < -0.3 is 10.6 Å². The summed E-state index contributed by atoms with van der Waals surface area (Å²) in [5.41, 5.74) is 9.10. The maximum atomic E-state index is 6.02. The molecule has 0 saturated carbocycles. The smallest absolute Gasteiger partial charge is 0.0955 e. The van der Waals surface area contributed by atoms with Crippen molar-refractivity contribution in [1.82, 2.24) is 4.98 Å². The molecule has 1 fully saturated rings. The van der Waals surface area contributed by atoms with Crippen LogP contribution < -0.4 is 10.6 Å². The van der Waals surface area contributed by atoms with E-state index in [-0.39, 0.29) is 0 Å². The third-order valence-corrected chi connectivity index (χ3v) is 3.78. The van der Waals surface area contributed by atoms with Crippen LogP contribution in [0.5, 0.6) is 0 Å². The Bertz CT molecular complexity index is 565. The first kappa shape index (κ1) is 11.3. The molecule has 1 aromatic heterocycles. The molecule has 2 aromatic rings. The molecule has 1 aliphatic rings. The molecule has 2 heterocycles. The molecule has 3 rings (SSSR count). The number of nitrogen functional groups attached to an aromatic ring is 1. The number of piperidine rings is 1. The van der Waals surface area contributed by atoms with E-state index >= 15 is 0 Å². The molecule has 1 aromatic carbocycles. The van der Waals surface area contributed by atoms with Gasteiger partial charge in [-0.2, -0.15) is 0 Å². The second-order valence-electron chi connectivity index (χ2n) is 5.27. The summed E-state index contributed by atoms with van der Waals surface area (Å²) in [6, 6.07) is 8.11. The number of rotatable bonds is 1. The van der Waals surface area contributed by atoms with Gasteiger partial charge in [-0.05, 0) is 43.0 Å². The zero-order valence-corrected chi connectivity index (χ0v) is 10.8. The summed E-state index contributed by atoms with van der Waals surface area (Å²) >= 11 is 0. The zero-order valence-electron chi connectivity index (χ0n) is 10.8. The van der Waals surface area contributed by atoms with E-state index in [0.29, 0.717) is 0 Å². The summed E-state index contributed by atoms with van der Waals surface area (Å²) in [6.45, 7) is 4.56. The summed E-state index contributed by atoms with van der Waals surface area (Å²) in [4.78, 5) is 6.97. The van der Waals surface area contributed by atoms with Crippen LogP contribution in [0.2, 0.25) is 0 Å². The number of anilines is 2. The number of fused-ring (bicyclic) bond motifs is 1. The van der Waals surface area contributed by atoms with Gasteiger partial charge in [-0.25, -0.2) is 0 Å². The predicted octanol–water partition coefficient (Wildman–Crippen LogP) is 3.05. The van der Waals surface area contributed by atoms with E-state index in [1.165, 1.54) is 18.5 Å². The number of benzene rings is 1. The van der Waals surface area contributed by atoms with Crippen molar-refractivity contribution in [2.24, 2.45) is 5.92 Å². The Kier molecular flexibility index (Phi) is 2.82. The van der Waals surface area contributed by atoms with Crippen molar-refractivity contribution in [2.45, 2.75) is 19.8 Å². The molecule has 3 nitrogen and oxygen atoms in total. The van der Waals surface area contributed by atoms with Gasteiger partial charge in [-0.1, -0.05) is 6.92 Å². The molecule has 2 N–H and O–H groups in total. The van der Waals surface area contributed by atoms with Gasteiger partial charge in [0, 0.05) is 30.4 Å². The third kappa shape index (κ3) is 1.90. The minimum atomic E-state index is 0.759. The van der Waals surface area contributed by atoms with Gasteiger partial charge in [0.2, 0.25) is 0 Å². The molecule has 94 valence electrons. The first-order valence-electron chi connectivity index (χ1n) is 6.64. The number of aromatic nitrogens is 1. The van der Waals surface area contributed by atoms with Gasteiger partial charge in [0.1, 0.15) is 0 Å². The lowest BCUT2D eigenvalue weighted by Crippen LogP contribution is -2.34. The van der Waals surface area contributed by atoms with Crippen molar-refractivity contribution in [3.63, 3.8) is 0 Å². The Hall–Kier alpha value is -1.77. The molecule has 0 bridgehead atoms. The zero-order chi connectivity index (χ0) is 12.5. The van der Waals surface area contributed by atoms with Crippen LogP contribution in [-0.2, 0) is 0 Å². The Morgan fingerprint density at radius 1 is 1.33 bits per heavy atom. The maximum Gasteiger partial charge on any atom is 0.0955 e. The lowest BCUT2D eigenvalue weighted by Gasteiger charge is -2.33. The topological polar surface area (TPSA) is 42.1 Å². The number of hydrogen-bond donors (Lipinski definition) is 1. The van der Waals surface area contributed by atoms with Crippen molar-refractivity contribution in [3.05, 3.63) is 30.5 Å². The highest BCUT2D eigenvalue weighted by atomic mass is 15.1. The van der Waals surface area contributed by atoms with Crippen LogP contribution in [0.25, 0.3) is 10.9 Å². The molecular weight excluding hydrogens is 222 g/mol. The summed E-state index contributed by atoms with van der Waals surface area (Å²) in [7, 11) is 0. The Morgan fingerprint density at radius 3 is 3.06 bits per heavy atom. The highest BCUT2D eigenvalue weighted by Crippen LogP contribution is 2.31. The molecule has 18 heavy (non-hydrogen) atoms. The average Bonchev–Trinajstić information content (AvgIpc) is 2.39. The lowest BCUT2D eigenvalue weighted by atomic mass is 9.99. The minimum Gasteiger partial charge on any atom is -0.398 e. The van der Waals surface area contributed by atoms with Gasteiger partial charge in [-0.3, -0.25) is 4.98 Å². The average molecular weight is 241 g/mol. The van der Waals surface area contributed by atoms with E-state index in [0.717, 1.165) is 35.6 Å². The molecule has 1 aliphatic heterocycles. The van der Waals surface area contributed by atoms with Crippen LogP contribution in [0.1, 0.15) is 19.8 Å². The largest absolute Gasteiger partial charge is 0.398 e. The summed E-state index contributed by atoms with van der Waals surface area (Å²) in [5, 5.41) is 1.06. The minimum absolute atomic E-state index is 0.759. The second kappa shape index (κ2) is 4.48. The number of nitrogens with two attached hydrogens (primary N) is 1. The van der Waals surface area contributed by atoms with Gasteiger partial charge in [0.15, 0.2) is 0 Å². The molecule has 0 aliphatic carbocycles. The van der Waals surface area contributed by atoms with Crippen molar-refractivity contribution in [1.29, 1.82) is 0 Å². The molecule has 0 spiro atoms. The van der Waals surface area contributed by atoms with Crippen molar-refractivity contribution >= 4 is 22.3 Å². The van der Waals surface area contributed by atoms with Crippen LogP contribution in [-0.4, -0.2) is 18.1 Å². The van der Waals surface area contributed by atoms with Crippen LogP contribution in [0, 0.1) is 5.92 Å². The Balaban J connectivity index is 2.09. The summed E-state index contributed by atoms with van der Waals surface area (Å²) < 4.78 is 0. The second-order valence-corrected chi connectivity index (χ2v) is 5.27. The van der Waals surface area contributed by atoms with Crippen LogP contribution >= 0.6 is 0 Å². The fraction of sp³-hybridized carbons (Fsp3) is 0.400. The quantitative estimate of drug-likeness (QED) is 0.780. The van der Waals surface area contributed by atoms with E-state index in [1.54, 1.807) is 0 Å². The Morgan fingerprint density at radius 2 is 2.22 bits per heavy atom. The van der Waals surface area contributed by atoms with Crippen molar-refractivity contribution < 1.29 is 0 Å². The van der Waals surface area contributed by atoms with E-state index in [2.05, 4.69) is 28.9 Å². The maximum absolute atomic E-state index is 6.02. The molecule has 1 saturated heterocycles. The van der Waals surface area contributed by atoms with Gasteiger partial charge in [0.25, 0.3) is 0 Å². The van der Waals surface area contributed by atoms with Gasteiger partial charge in [-0.15, -0.1) is 0 Å². The monoisotopic (exact) mass is 241 g/mol. The molecule has 1 atom stereocenters. The van der Waals surface area contributed by atoms with E-state index < -0.39 is 0 Å². The molecule has 0 radical (unpaired) electrons. The summed E-state index contributed by atoms with van der Waals surface area (Å²) in [6.07, 6.45) is 4.44. The molecule has 1 unspecified atom stereocenters. The third-order valence-electron chi connectivity index (χ3n) is 3.78. The predicted molar refractivity (Wildman–Crippen MR) is 76.8 cm³/mol. The van der Waals surface area contributed by atoms with Crippen molar-refractivity contribution in [2.75, 3.05) is 23.7 Å². The van der Waals surface area contributed by atoms with Crippen molar-refractivity contribution in [3.8, 4) is 0 Å². The van der Waals surface area contributed by atoms with E-state index in [1.807, 2.05) is 18.3 Å². The van der Waals surface area contributed by atoms with Crippen LogP contribution in [0.4, 0.5) is 11.4 Å². The standard InChI is InChI=1S/C15H19N3/c1-11-4-3-9-18(10-11)14-7-6-13(16)12-5-2-8-17-15(12)14/h2,5-8,11H,3-4,9-10,16H2,1H3. The fourth-order valence-electron chi connectivity index (χ4n) is 2.84. The van der Waals surface area contributed by atoms with E-state index in [9.17, 15) is 0 Å². The van der Waals surface area contributed by atoms with Gasteiger partial charge in [0.05, 0.1) is 11.2 Å². The normalized spacial score (nSPS) is 20.3. The van der Waals surface area contributed by atoms with Crippen LogP contribution in [0.3, 0.4) is 0 Å². The molecular formula is C15H19N3. The number of nitrogens with zero attached hydrogens (tertiary/aromatic N) is 2. The SMILES string of the molecule is CC1CCCN(c2ccc(N)c3cccnc23)C1. The van der Waals surface area contributed by atoms with Gasteiger partial charge >= 0.3 is 0 Å². The lowest BCUT2D eigenvalue weighted by molar-refractivity contribution is 0.447. The number of hydrogen-bond acceptors (Lipinski definition) is 3. The molecule has 3 heteroatoms. The Labute approximate surface area is 108 Å². The summed E-state index contributed by atoms with van der Waals surface area (Å²) in [5.74, 6) is 0.759. The van der Waals surface area contributed by atoms with Crippen LogP contribution in [0.15, 0.2) is 30.5 Å². The highest BCUT2D eigenvalue weighted by molar-refractivity contribution is 5.98. The highest BCUT2D eigenvalue weighted by Gasteiger charge is 2.19. The molecule has 0 amide bonds. The fourth-order valence-corrected chi connectivity index (χ4v) is 2.84. The van der Waals surface area contributed by atoms with E-state index in [4.69, 9.17) is 5.73 Å². The number of pyridine rings is 1. The first-order chi connectivity index (χ1) is 8.75. The first-order valence-corrected chi connectivity index (χ1v) is 6.64.